The molecule has 1 aliphatic heterocycles. The molecule has 88 valence electrons. The van der Waals surface area contributed by atoms with Gasteiger partial charge in [-0.1, -0.05) is 0 Å². The number of carbonyl (C=O) groups excluding carboxylic acids is 1. The van der Waals surface area contributed by atoms with Gasteiger partial charge in [0.2, 0.25) is 5.91 Å². The van der Waals surface area contributed by atoms with E-state index in [1.807, 2.05) is 4.90 Å². The molecule has 0 aromatic rings. The Morgan fingerprint density at radius 3 is 2.93 bits per heavy atom. The van der Waals surface area contributed by atoms with E-state index in [-0.39, 0.29) is 11.5 Å². The van der Waals surface area contributed by atoms with Gasteiger partial charge in [-0.05, 0) is 32.7 Å². The highest BCUT2D eigenvalue weighted by Crippen LogP contribution is 2.24. The van der Waals surface area contributed by atoms with Crippen LogP contribution in [0.5, 0.6) is 0 Å². The lowest BCUT2D eigenvalue weighted by Crippen LogP contribution is -2.49. The molecule has 1 unspecified atom stereocenters. The van der Waals surface area contributed by atoms with E-state index in [1.54, 1.807) is 7.11 Å². The van der Waals surface area contributed by atoms with Crippen LogP contribution in [0, 0.1) is 0 Å². The number of likely N-dealkylation sites (tertiary alicyclic amines) is 1. The lowest BCUT2D eigenvalue weighted by molar-refractivity contribution is -0.139. The Morgan fingerprint density at radius 2 is 2.33 bits per heavy atom. The number of rotatable bonds is 4. The fraction of sp³-hybridized carbons (Fsp3) is 0.909. The molecule has 1 atom stereocenters. The Labute approximate surface area is 91.8 Å². The lowest BCUT2D eigenvalue weighted by Gasteiger charge is -2.39. The molecule has 1 amide bonds. The molecular weight excluding hydrogens is 192 g/mol. The average Bonchev–Trinajstić information content (AvgIpc) is 2.26. The molecule has 15 heavy (non-hydrogen) atoms. The minimum Gasteiger partial charge on any atom is -0.377 e. The molecule has 0 aromatic heterocycles. The monoisotopic (exact) mass is 214 g/mol. The van der Waals surface area contributed by atoms with Crippen LogP contribution in [0.1, 0.15) is 32.6 Å². The number of hydrogen-bond acceptors (Lipinski definition) is 3. The molecule has 1 aliphatic rings. The third-order valence-corrected chi connectivity index (χ3v) is 3.10. The van der Waals surface area contributed by atoms with Crippen molar-refractivity contribution in [2.24, 2.45) is 5.73 Å². The van der Waals surface area contributed by atoms with Gasteiger partial charge in [-0.2, -0.15) is 0 Å². The van der Waals surface area contributed by atoms with E-state index < -0.39 is 0 Å². The summed E-state index contributed by atoms with van der Waals surface area (Å²) in [6.45, 7) is 4.23. The van der Waals surface area contributed by atoms with Crippen molar-refractivity contribution in [3.8, 4) is 0 Å². The van der Waals surface area contributed by atoms with Crippen molar-refractivity contribution >= 4 is 5.91 Å². The zero-order chi connectivity index (χ0) is 11.3. The fourth-order valence-corrected chi connectivity index (χ4v) is 2.00. The first-order valence-corrected chi connectivity index (χ1v) is 5.64. The third-order valence-electron chi connectivity index (χ3n) is 3.10. The minimum absolute atomic E-state index is 0.156. The van der Waals surface area contributed by atoms with Crippen LogP contribution in [0.2, 0.25) is 0 Å². The topological polar surface area (TPSA) is 55.6 Å². The highest BCUT2D eigenvalue weighted by Gasteiger charge is 2.32. The number of amides is 1. The van der Waals surface area contributed by atoms with Gasteiger partial charge >= 0.3 is 0 Å². The lowest BCUT2D eigenvalue weighted by atomic mass is 9.94. The summed E-state index contributed by atoms with van der Waals surface area (Å²) < 4.78 is 5.44. The van der Waals surface area contributed by atoms with Gasteiger partial charge in [0.15, 0.2) is 0 Å². The standard InChI is InChI=1S/C11H22N2O2/c1-11(15-2)6-4-8-13(9-11)10(14)5-3-7-12/h3-9,12H2,1-2H3. The fourth-order valence-electron chi connectivity index (χ4n) is 2.00. The first kappa shape index (κ1) is 12.5. The summed E-state index contributed by atoms with van der Waals surface area (Å²) in [5, 5.41) is 0. The highest BCUT2D eigenvalue weighted by molar-refractivity contribution is 5.76. The van der Waals surface area contributed by atoms with E-state index in [0.29, 0.717) is 19.5 Å². The van der Waals surface area contributed by atoms with Crippen LogP contribution >= 0.6 is 0 Å². The van der Waals surface area contributed by atoms with E-state index in [2.05, 4.69) is 6.92 Å². The Bertz CT molecular complexity index is 221. The summed E-state index contributed by atoms with van der Waals surface area (Å²) in [5.74, 6) is 0.212. The number of methoxy groups -OCH3 is 1. The second-order valence-electron chi connectivity index (χ2n) is 4.47. The maximum atomic E-state index is 11.8. The predicted octanol–water partition coefficient (Wildman–Crippen LogP) is 0.753. The number of nitrogens with zero attached hydrogens (tertiary/aromatic N) is 1. The van der Waals surface area contributed by atoms with Crippen LogP contribution in [0.15, 0.2) is 0 Å². The quantitative estimate of drug-likeness (QED) is 0.751. The number of hydrogen-bond donors (Lipinski definition) is 1. The van der Waals surface area contributed by atoms with Gasteiger partial charge in [0.05, 0.1) is 5.60 Å². The van der Waals surface area contributed by atoms with Gasteiger partial charge in [0.25, 0.3) is 0 Å². The molecule has 0 aliphatic carbocycles. The zero-order valence-electron chi connectivity index (χ0n) is 9.79. The molecule has 4 nitrogen and oxygen atoms in total. The molecule has 4 heteroatoms. The van der Waals surface area contributed by atoms with Crippen molar-refractivity contribution < 1.29 is 9.53 Å². The van der Waals surface area contributed by atoms with E-state index in [4.69, 9.17) is 10.5 Å². The molecule has 2 N–H and O–H groups in total. The van der Waals surface area contributed by atoms with Crippen LogP contribution < -0.4 is 5.73 Å². The molecule has 0 aromatic carbocycles. The van der Waals surface area contributed by atoms with Gasteiger partial charge in [-0.25, -0.2) is 0 Å². The Kier molecular flexibility index (Phi) is 4.54. The Balaban J connectivity index is 2.45. The largest absolute Gasteiger partial charge is 0.377 e. The second-order valence-corrected chi connectivity index (χ2v) is 4.47. The molecule has 0 bridgehead atoms. The molecule has 0 spiro atoms. The SMILES string of the molecule is COC1(C)CCCN(C(=O)CCCN)C1. The maximum Gasteiger partial charge on any atom is 0.222 e. The minimum atomic E-state index is -0.156. The second kappa shape index (κ2) is 5.47. The van der Waals surface area contributed by atoms with Crippen molar-refractivity contribution in [2.75, 3.05) is 26.7 Å². The van der Waals surface area contributed by atoms with Crippen molar-refractivity contribution in [1.29, 1.82) is 0 Å². The van der Waals surface area contributed by atoms with E-state index in [0.717, 1.165) is 25.8 Å². The Hall–Kier alpha value is -0.610. The smallest absolute Gasteiger partial charge is 0.222 e. The number of carbonyl (C=O) groups is 1. The summed E-state index contributed by atoms with van der Waals surface area (Å²) in [6.07, 6.45) is 3.40. The molecule has 1 saturated heterocycles. The highest BCUT2D eigenvalue weighted by atomic mass is 16.5. The first-order valence-electron chi connectivity index (χ1n) is 5.64. The number of nitrogens with two attached hydrogens (primary N) is 1. The summed E-state index contributed by atoms with van der Waals surface area (Å²) in [4.78, 5) is 13.7. The molecule has 1 rings (SSSR count). The van der Waals surface area contributed by atoms with Crippen molar-refractivity contribution in [1.82, 2.24) is 4.90 Å². The number of piperidine rings is 1. The molecule has 1 fully saturated rings. The summed E-state index contributed by atoms with van der Waals surface area (Å²) in [7, 11) is 1.72. The first-order chi connectivity index (χ1) is 7.11. The van der Waals surface area contributed by atoms with Crippen molar-refractivity contribution in [2.45, 2.75) is 38.2 Å². The van der Waals surface area contributed by atoms with Crippen LogP contribution in [-0.4, -0.2) is 43.2 Å². The van der Waals surface area contributed by atoms with Crippen LogP contribution in [0.3, 0.4) is 0 Å². The zero-order valence-corrected chi connectivity index (χ0v) is 9.79. The molecular formula is C11H22N2O2. The van der Waals surface area contributed by atoms with Gasteiger partial charge in [-0.3, -0.25) is 4.79 Å². The van der Waals surface area contributed by atoms with Gasteiger partial charge < -0.3 is 15.4 Å². The average molecular weight is 214 g/mol. The Morgan fingerprint density at radius 1 is 1.60 bits per heavy atom. The maximum absolute atomic E-state index is 11.8. The predicted molar refractivity (Wildman–Crippen MR) is 59.5 cm³/mol. The van der Waals surface area contributed by atoms with Crippen molar-refractivity contribution in [3.05, 3.63) is 0 Å². The van der Waals surface area contributed by atoms with Crippen LogP contribution in [0.4, 0.5) is 0 Å². The van der Waals surface area contributed by atoms with Gasteiger partial charge in [0.1, 0.15) is 0 Å². The summed E-state index contributed by atoms with van der Waals surface area (Å²) in [5.41, 5.74) is 5.23. The number of ether oxygens (including phenoxy) is 1. The van der Waals surface area contributed by atoms with E-state index in [1.165, 1.54) is 0 Å². The molecule has 0 saturated carbocycles. The van der Waals surface area contributed by atoms with Crippen LogP contribution in [0.25, 0.3) is 0 Å². The van der Waals surface area contributed by atoms with E-state index >= 15 is 0 Å². The van der Waals surface area contributed by atoms with Crippen molar-refractivity contribution in [3.63, 3.8) is 0 Å². The normalized spacial score (nSPS) is 26.7. The van der Waals surface area contributed by atoms with E-state index in [9.17, 15) is 4.79 Å². The summed E-state index contributed by atoms with van der Waals surface area (Å²) >= 11 is 0. The third kappa shape index (κ3) is 3.47. The summed E-state index contributed by atoms with van der Waals surface area (Å²) in [6, 6.07) is 0. The van der Waals surface area contributed by atoms with Gasteiger partial charge in [-0.15, -0.1) is 0 Å². The van der Waals surface area contributed by atoms with Crippen LogP contribution in [-0.2, 0) is 9.53 Å². The molecule has 0 radical (unpaired) electrons. The molecule has 1 heterocycles. The van der Waals surface area contributed by atoms with Gasteiger partial charge in [0, 0.05) is 26.6 Å².